The molecule has 3 aromatic rings. The number of hydrogen-bond acceptors (Lipinski definition) is 9. The number of aromatic nitrogens is 2. The Morgan fingerprint density at radius 1 is 1.06 bits per heavy atom. The Bertz CT molecular complexity index is 1060. The molecule has 0 bridgehead atoms. The number of anilines is 1. The highest BCUT2D eigenvalue weighted by atomic mass is 32.1. The molecule has 9 nitrogen and oxygen atoms in total. The van der Waals surface area contributed by atoms with Crippen LogP contribution >= 0.6 is 11.3 Å². The summed E-state index contributed by atoms with van der Waals surface area (Å²) in [5.74, 6) is 0.208. The van der Waals surface area contributed by atoms with Gasteiger partial charge >= 0.3 is 12.2 Å². The number of ether oxygens (including phenoxy) is 3. The molecular formula is C21H25N3O6S. The number of nitrogens with zero attached hydrogens (tertiary/aromatic N) is 3. The number of thiophene rings is 1. The lowest BCUT2D eigenvalue weighted by Crippen LogP contribution is -2.44. The van der Waals surface area contributed by atoms with Crippen LogP contribution in [0.3, 0.4) is 0 Å². The number of amides is 2. The third-order valence-electron chi connectivity index (χ3n) is 3.79. The molecular weight excluding hydrogens is 422 g/mol. The second kappa shape index (κ2) is 8.18. The van der Waals surface area contributed by atoms with E-state index in [9.17, 15) is 9.59 Å². The number of methoxy groups -OCH3 is 1. The Labute approximate surface area is 183 Å². The predicted octanol–water partition coefficient (Wildman–Crippen LogP) is 5.64. The minimum Gasteiger partial charge on any atom is -0.496 e. The summed E-state index contributed by atoms with van der Waals surface area (Å²) in [6, 6.07) is 3.59. The Morgan fingerprint density at radius 3 is 2.16 bits per heavy atom. The van der Waals surface area contributed by atoms with Gasteiger partial charge in [0.25, 0.3) is 5.71 Å². The van der Waals surface area contributed by atoms with Crippen LogP contribution in [-0.2, 0) is 9.47 Å². The fourth-order valence-corrected chi connectivity index (χ4v) is 3.29. The molecule has 0 aliphatic rings. The van der Waals surface area contributed by atoms with E-state index < -0.39 is 23.4 Å². The molecule has 0 aliphatic carbocycles. The first kappa shape index (κ1) is 22.5. The van der Waals surface area contributed by atoms with E-state index in [1.165, 1.54) is 18.4 Å². The van der Waals surface area contributed by atoms with E-state index in [0.717, 1.165) is 5.56 Å². The van der Waals surface area contributed by atoms with Gasteiger partial charge < -0.3 is 18.7 Å². The van der Waals surface area contributed by atoms with Crippen molar-refractivity contribution in [3.05, 3.63) is 22.9 Å². The molecule has 0 spiro atoms. The molecule has 0 atom stereocenters. The number of carbonyl (C=O) groups is 2. The fourth-order valence-electron chi connectivity index (χ4n) is 2.64. The highest BCUT2D eigenvalue weighted by Crippen LogP contribution is 2.37. The highest BCUT2D eigenvalue weighted by molar-refractivity contribution is 7.08. The zero-order valence-electron chi connectivity index (χ0n) is 18.5. The molecule has 0 fully saturated rings. The number of fused-ring (bicyclic) bond motifs is 1. The number of imide groups is 1. The van der Waals surface area contributed by atoms with Crippen molar-refractivity contribution >= 4 is 40.4 Å². The molecule has 0 aliphatic heterocycles. The number of rotatable bonds is 3. The van der Waals surface area contributed by atoms with Crippen LogP contribution in [0.25, 0.3) is 22.4 Å². The summed E-state index contributed by atoms with van der Waals surface area (Å²) in [7, 11) is 1.47. The van der Waals surface area contributed by atoms with Crippen LogP contribution < -0.4 is 9.64 Å². The van der Waals surface area contributed by atoms with Gasteiger partial charge in [0, 0.05) is 17.0 Å². The van der Waals surface area contributed by atoms with Gasteiger partial charge in [-0.3, -0.25) is 0 Å². The Hall–Kier alpha value is -3.14. The zero-order chi connectivity index (χ0) is 23.0. The molecule has 3 aromatic heterocycles. The van der Waals surface area contributed by atoms with Crippen LogP contribution in [0.4, 0.5) is 15.4 Å². The van der Waals surface area contributed by atoms with Crippen molar-refractivity contribution in [2.45, 2.75) is 52.7 Å². The molecule has 0 aromatic carbocycles. The summed E-state index contributed by atoms with van der Waals surface area (Å²) in [5, 5.41) is 8.04. The van der Waals surface area contributed by atoms with Gasteiger partial charge in [0.2, 0.25) is 5.82 Å². The lowest BCUT2D eigenvalue weighted by atomic mass is 10.2. The maximum absolute atomic E-state index is 12.9. The van der Waals surface area contributed by atoms with Gasteiger partial charge in [0.05, 0.1) is 12.8 Å². The van der Waals surface area contributed by atoms with Crippen molar-refractivity contribution in [2.75, 3.05) is 12.0 Å². The first-order valence-electron chi connectivity index (χ1n) is 9.52. The summed E-state index contributed by atoms with van der Waals surface area (Å²) >= 11 is 1.52. The fraction of sp³-hybridized carbons (Fsp3) is 0.429. The monoisotopic (exact) mass is 447 g/mol. The maximum Gasteiger partial charge on any atom is 0.425 e. The van der Waals surface area contributed by atoms with E-state index >= 15 is 0 Å². The number of pyridine rings is 1. The molecule has 0 radical (unpaired) electrons. The van der Waals surface area contributed by atoms with Gasteiger partial charge in [0.1, 0.15) is 22.3 Å². The quantitative estimate of drug-likeness (QED) is 0.508. The van der Waals surface area contributed by atoms with Crippen molar-refractivity contribution in [1.29, 1.82) is 0 Å². The van der Waals surface area contributed by atoms with Crippen LogP contribution in [-0.4, -0.2) is 40.6 Å². The summed E-state index contributed by atoms with van der Waals surface area (Å²) < 4.78 is 21.7. The van der Waals surface area contributed by atoms with E-state index in [0.29, 0.717) is 16.3 Å². The number of carbonyl (C=O) groups excluding carboxylic acids is 2. The van der Waals surface area contributed by atoms with E-state index in [-0.39, 0.29) is 16.9 Å². The van der Waals surface area contributed by atoms with E-state index in [1.54, 1.807) is 47.6 Å². The van der Waals surface area contributed by atoms with Crippen LogP contribution in [0, 0.1) is 0 Å². The van der Waals surface area contributed by atoms with Crippen LogP contribution in [0.5, 0.6) is 5.75 Å². The van der Waals surface area contributed by atoms with E-state index in [2.05, 4.69) is 10.1 Å². The molecule has 31 heavy (non-hydrogen) atoms. The average Bonchev–Trinajstić information content (AvgIpc) is 3.28. The summed E-state index contributed by atoms with van der Waals surface area (Å²) in [6.45, 7) is 10.1. The molecule has 0 unspecified atom stereocenters. The van der Waals surface area contributed by atoms with Gasteiger partial charge in [0.15, 0.2) is 0 Å². The largest absolute Gasteiger partial charge is 0.496 e. The predicted molar refractivity (Wildman–Crippen MR) is 117 cm³/mol. The standard InChI is InChI=1S/C21H25N3O6S/c1-20(2,3)28-18(25)24(19(26)29-21(4,5)6)16-15-14(27-7)10-13(12-8-9-31-11-12)22-17(15)30-23-16/h8-11H,1-7H3. The third kappa shape index (κ3) is 5.13. The molecule has 0 saturated heterocycles. The van der Waals surface area contributed by atoms with E-state index in [1.807, 2.05) is 16.8 Å². The SMILES string of the molecule is COc1cc(-c2ccsc2)nc2onc(N(C(=O)OC(C)(C)C)C(=O)OC(C)(C)C)c12. The lowest BCUT2D eigenvalue weighted by Gasteiger charge is -2.27. The summed E-state index contributed by atoms with van der Waals surface area (Å²) in [4.78, 5) is 31.0. The molecule has 0 saturated carbocycles. The first-order chi connectivity index (χ1) is 14.4. The normalized spacial score (nSPS) is 12.0. The second-order valence-corrected chi connectivity index (χ2v) is 9.48. The third-order valence-corrected chi connectivity index (χ3v) is 4.48. The molecule has 2 amide bonds. The van der Waals surface area contributed by atoms with Crippen LogP contribution in [0.15, 0.2) is 27.4 Å². The maximum atomic E-state index is 12.9. The average molecular weight is 448 g/mol. The Balaban J connectivity index is 2.15. The lowest BCUT2D eigenvalue weighted by molar-refractivity contribution is 0.0428. The number of hydrogen-bond donors (Lipinski definition) is 0. The molecule has 3 heterocycles. The molecule has 166 valence electrons. The zero-order valence-corrected chi connectivity index (χ0v) is 19.3. The van der Waals surface area contributed by atoms with Crippen LogP contribution in [0.2, 0.25) is 0 Å². The summed E-state index contributed by atoms with van der Waals surface area (Å²) in [6.07, 6.45) is -1.91. The van der Waals surface area contributed by atoms with Gasteiger partial charge in [-0.05, 0) is 53.0 Å². The first-order valence-corrected chi connectivity index (χ1v) is 10.5. The van der Waals surface area contributed by atoms with E-state index in [4.69, 9.17) is 18.7 Å². The minimum atomic E-state index is -0.957. The topological polar surface area (TPSA) is 104 Å². The molecule has 0 N–H and O–H groups in total. The minimum absolute atomic E-state index is 0.104. The van der Waals surface area contributed by atoms with Crippen molar-refractivity contribution in [2.24, 2.45) is 0 Å². The van der Waals surface area contributed by atoms with Gasteiger partial charge in [-0.25, -0.2) is 14.6 Å². The van der Waals surface area contributed by atoms with Crippen molar-refractivity contribution < 1.29 is 28.3 Å². The molecule has 10 heteroatoms. The smallest absolute Gasteiger partial charge is 0.425 e. The van der Waals surface area contributed by atoms with Crippen LogP contribution in [0.1, 0.15) is 41.5 Å². The highest BCUT2D eigenvalue weighted by Gasteiger charge is 2.37. The van der Waals surface area contributed by atoms with Gasteiger partial charge in [-0.2, -0.15) is 16.2 Å². The van der Waals surface area contributed by atoms with Crippen molar-refractivity contribution in [3.8, 4) is 17.0 Å². The van der Waals surface area contributed by atoms with Crippen molar-refractivity contribution in [1.82, 2.24) is 10.1 Å². The Morgan fingerprint density at radius 2 is 1.68 bits per heavy atom. The summed E-state index contributed by atoms with van der Waals surface area (Å²) in [5.41, 5.74) is -0.127. The second-order valence-electron chi connectivity index (χ2n) is 8.70. The van der Waals surface area contributed by atoms with Gasteiger partial charge in [-0.1, -0.05) is 5.16 Å². The Kier molecular flexibility index (Phi) is 5.95. The molecule has 3 rings (SSSR count). The van der Waals surface area contributed by atoms with Gasteiger partial charge in [-0.15, -0.1) is 0 Å². The van der Waals surface area contributed by atoms with Crippen molar-refractivity contribution in [3.63, 3.8) is 0 Å².